The van der Waals surface area contributed by atoms with Crippen molar-refractivity contribution in [2.24, 2.45) is 17.3 Å². The zero-order valence-corrected chi connectivity index (χ0v) is 11.2. The highest BCUT2D eigenvalue weighted by Gasteiger charge is 2.51. The number of ketones is 1. The molecular weight excluding hydrogens is 216 g/mol. The van der Waals surface area contributed by atoms with Crippen LogP contribution in [-0.2, 0) is 14.3 Å². The standard InChI is InChI=1S/C14H22O3/c1-6-10-9-8-16-14(4,5)17-11(9)7-12(15)13(10,2)3/h6,9-11H,1,7-8H2,2-5H3/t9-,10+,11-/m1/s1. The van der Waals surface area contributed by atoms with Crippen molar-refractivity contribution in [1.29, 1.82) is 0 Å². The summed E-state index contributed by atoms with van der Waals surface area (Å²) < 4.78 is 11.6. The van der Waals surface area contributed by atoms with E-state index >= 15 is 0 Å². The smallest absolute Gasteiger partial charge is 0.163 e. The molecule has 0 amide bonds. The molecule has 96 valence electrons. The van der Waals surface area contributed by atoms with Gasteiger partial charge in [-0.25, -0.2) is 0 Å². The Morgan fingerprint density at radius 2 is 2.00 bits per heavy atom. The third-order valence-electron chi connectivity index (χ3n) is 4.19. The molecule has 3 atom stereocenters. The van der Waals surface area contributed by atoms with E-state index in [1.54, 1.807) is 0 Å². The van der Waals surface area contributed by atoms with Crippen molar-refractivity contribution in [2.75, 3.05) is 6.61 Å². The van der Waals surface area contributed by atoms with E-state index in [4.69, 9.17) is 9.47 Å². The van der Waals surface area contributed by atoms with Gasteiger partial charge in [0.2, 0.25) is 0 Å². The average molecular weight is 238 g/mol. The summed E-state index contributed by atoms with van der Waals surface area (Å²) in [5, 5.41) is 0. The van der Waals surface area contributed by atoms with Gasteiger partial charge in [-0.05, 0) is 19.8 Å². The molecule has 17 heavy (non-hydrogen) atoms. The van der Waals surface area contributed by atoms with E-state index in [0.717, 1.165) is 0 Å². The van der Waals surface area contributed by atoms with Crippen LogP contribution in [0.1, 0.15) is 34.1 Å². The van der Waals surface area contributed by atoms with Crippen molar-refractivity contribution in [3.05, 3.63) is 12.7 Å². The molecule has 0 aromatic rings. The Morgan fingerprint density at radius 1 is 1.35 bits per heavy atom. The maximum Gasteiger partial charge on any atom is 0.163 e. The molecule has 3 nitrogen and oxygen atoms in total. The maximum atomic E-state index is 12.2. The first-order valence-corrected chi connectivity index (χ1v) is 6.25. The van der Waals surface area contributed by atoms with E-state index in [1.165, 1.54) is 0 Å². The van der Waals surface area contributed by atoms with Crippen LogP contribution in [-0.4, -0.2) is 24.3 Å². The number of hydrogen-bond donors (Lipinski definition) is 0. The van der Waals surface area contributed by atoms with E-state index in [0.29, 0.717) is 13.0 Å². The Bertz CT molecular complexity index is 343. The molecule has 3 heteroatoms. The topological polar surface area (TPSA) is 35.5 Å². The van der Waals surface area contributed by atoms with Gasteiger partial charge in [0.1, 0.15) is 5.78 Å². The molecule has 1 aliphatic carbocycles. The molecule has 2 fully saturated rings. The Hall–Kier alpha value is -0.670. The van der Waals surface area contributed by atoms with E-state index in [1.807, 2.05) is 33.8 Å². The van der Waals surface area contributed by atoms with Gasteiger partial charge >= 0.3 is 0 Å². The van der Waals surface area contributed by atoms with Gasteiger partial charge in [0.15, 0.2) is 5.79 Å². The molecule has 2 rings (SSSR count). The number of Topliss-reactive ketones (excluding diaryl/α,β-unsaturated/α-hetero) is 1. The van der Waals surface area contributed by atoms with Crippen LogP contribution in [0.15, 0.2) is 12.7 Å². The van der Waals surface area contributed by atoms with E-state index < -0.39 is 5.79 Å². The number of carbonyl (C=O) groups is 1. The summed E-state index contributed by atoms with van der Waals surface area (Å²) in [4.78, 5) is 12.2. The predicted octanol–water partition coefficient (Wildman–Crippen LogP) is 2.56. The monoisotopic (exact) mass is 238 g/mol. The quantitative estimate of drug-likeness (QED) is 0.659. The molecule has 0 spiro atoms. The van der Waals surface area contributed by atoms with Gasteiger partial charge in [-0.3, -0.25) is 4.79 Å². The summed E-state index contributed by atoms with van der Waals surface area (Å²) in [6.45, 7) is 12.3. The fourth-order valence-electron chi connectivity index (χ4n) is 3.05. The molecule has 2 aliphatic rings. The van der Waals surface area contributed by atoms with Gasteiger partial charge in [-0.15, -0.1) is 6.58 Å². The summed E-state index contributed by atoms with van der Waals surface area (Å²) >= 11 is 0. The largest absolute Gasteiger partial charge is 0.350 e. The first kappa shape index (κ1) is 12.8. The van der Waals surface area contributed by atoms with Crippen molar-refractivity contribution in [2.45, 2.75) is 46.0 Å². The van der Waals surface area contributed by atoms with E-state index in [2.05, 4.69) is 6.58 Å². The third kappa shape index (κ3) is 2.06. The molecule has 1 saturated heterocycles. The number of allylic oxidation sites excluding steroid dienone is 1. The minimum absolute atomic E-state index is 0.0257. The highest BCUT2D eigenvalue weighted by atomic mass is 16.7. The lowest BCUT2D eigenvalue weighted by molar-refractivity contribution is -0.304. The van der Waals surface area contributed by atoms with Gasteiger partial charge < -0.3 is 9.47 Å². The minimum atomic E-state index is -0.575. The molecule has 0 unspecified atom stereocenters. The van der Waals surface area contributed by atoms with Gasteiger partial charge in [-0.1, -0.05) is 19.9 Å². The fraction of sp³-hybridized carbons (Fsp3) is 0.786. The molecule has 0 aromatic heterocycles. The normalized spacial score (nSPS) is 39.5. The second-order valence-electron chi connectivity index (χ2n) is 6.14. The first-order chi connectivity index (χ1) is 7.78. The second-order valence-corrected chi connectivity index (χ2v) is 6.14. The number of fused-ring (bicyclic) bond motifs is 1. The molecule has 0 aromatic carbocycles. The Kier molecular flexibility index (Phi) is 2.95. The van der Waals surface area contributed by atoms with Crippen LogP contribution in [0, 0.1) is 17.3 Å². The zero-order chi connectivity index (χ0) is 12.8. The number of rotatable bonds is 1. The summed E-state index contributed by atoms with van der Waals surface area (Å²) in [5.41, 5.74) is -0.350. The fourth-order valence-corrected chi connectivity index (χ4v) is 3.05. The lowest BCUT2D eigenvalue weighted by atomic mass is 9.61. The molecular formula is C14H22O3. The van der Waals surface area contributed by atoms with Crippen LogP contribution in [0.3, 0.4) is 0 Å². The second kappa shape index (κ2) is 3.92. The van der Waals surface area contributed by atoms with Crippen molar-refractivity contribution in [1.82, 2.24) is 0 Å². The van der Waals surface area contributed by atoms with Crippen LogP contribution < -0.4 is 0 Å². The summed E-state index contributed by atoms with van der Waals surface area (Å²) in [6.07, 6.45) is 2.36. The van der Waals surface area contributed by atoms with Crippen LogP contribution in [0.5, 0.6) is 0 Å². The van der Waals surface area contributed by atoms with Crippen molar-refractivity contribution >= 4 is 5.78 Å². The first-order valence-electron chi connectivity index (χ1n) is 6.25. The highest BCUT2D eigenvalue weighted by molar-refractivity contribution is 5.86. The lowest BCUT2D eigenvalue weighted by Crippen LogP contribution is -2.56. The summed E-state index contributed by atoms with van der Waals surface area (Å²) in [7, 11) is 0. The summed E-state index contributed by atoms with van der Waals surface area (Å²) in [5.74, 6) is 0.0636. The Balaban J connectivity index is 2.27. The van der Waals surface area contributed by atoms with E-state index in [9.17, 15) is 4.79 Å². The van der Waals surface area contributed by atoms with Crippen LogP contribution in [0.25, 0.3) is 0 Å². The lowest BCUT2D eigenvalue weighted by Gasteiger charge is -2.50. The molecule has 0 radical (unpaired) electrons. The molecule has 1 heterocycles. The maximum absolute atomic E-state index is 12.2. The van der Waals surface area contributed by atoms with Crippen LogP contribution >= 0.6 is 0 Å². The molecule has 1 aliphatic heterocycles. The third-order valence-corrected chi connectivity index (χ3v) is 4.19. The van der Waals surface area contributed by atoms with Crippen LogP contribution in [0.4, 0.5) is 0 Å². The average Bonchev–Trinajstić information content (AvgIpc) is 2.19. The summed E-state index contributed by atoms with van der Waals surface area (Å²) in [6, 6.07) is 0. The SMILES string of the molecule is C=C[C@H]1[C@H]2COC(C)(C)O[C@@H]2CC(=O)C1(C)C. The van der Waals surface area contributed by atoms with E-state index in [-0.39, 0.29) is 29.1 Å². The Morgan fingerprint density at radius 3 is 2.59 bits per heavy atom. The number of hydrogen-bond acceptors (Lipinski definition) is 3. The minimum Gasteiger partial charge on any atom is -0.350 e. The van der Waals surface area contributed by atoms with Crippen molar-refractivity contribution < 1.29 is 14.3 Å². The predicted molar refractivity (Wildman–Crippen MR) is 65.5 cm³/mol. The zero-order valence-electron chi connectivity index (χ0n) is 11.2. The van der Waals surface area contributed by atoms with Gasteiger partial charge in [0.25, 0.3) is 0 Å². The van der Waals surface area contributed by atoms with Gasteiger partial charge in [0, 0.05) is 17.8 Å². The molecule has 0 bridgehead atoms. The van der Waals surface area contributed by atoms with Crippen molar-refractivity contribution in [3.63, 3.8) is 0 Å². The van der Waals surface area contributed by atoms with Crippen molar-refractivity contribution in [3.8, 4) is 0 Å². The highest BCUT2D eigenvalue weighted by Crippen LogP contribution is 2.46. The molecule has 0 N–H and O–H groups in total. The molecule has 1 saturated carbocycles. The Labute approximate surface area is 103 Å². The van der Waals surface area contributed by atoms with Gasteiger partial charge in [0.05, 0.1) is 12.7 Å². The van der Waals surface area contributed by atoms with Gasteiger partial charge in [-0.2, -0.15) is 0 Å². The number of carbonyl (C=O) groups excluding carboxylic acids is 1. The number of ether oxygens (including phenoxy) is 2. The van der Waals surface area contributed by atoms with Crippen LogP contribution in [0.2, 0.25) is 0 Å².